The molecule has 0 spiro atoms. The standard InChI is InChI=1S/C25H22N6O8S3/c32-11-27-25-28-15(10-42-25)17(30-39-14-3-1-2-4-14)20(33)29-18-21(34)31-19(24(37)38)13(9-41-22(18)31)8-40-16-7-12(23(35)36)5-6-26-16/h1,3,5-7,10-11,14,18,22H,2,4,8-9H2,(H,29,33)(H,35,36)(H,37,38)(H,27,28,32)/t14?,18?,22-/m0/s1. The van der Waals surface area contributed by atoms with Crippen LogP contribution in [0.4, 0.5) is 5.13 Å². The third-order valence-corrected chi connectivity index (χ3v) is 9.43. The van der Waals surface area contributed by atoms with Crippen LogP contribution in [0.1, 0.15) is 28.9 Å². The molecular weight excluding hydrogens is 609 g/mol. The number of thioether (sulfide) groups is 2. The normalized spacial score (nSPS) is 21.4. The summed E-state index contributed by atoms with van der Waals surface area (Å²) in [6.45, 7) is 0. The number of carbonyl (C=O) groups is 5. The summed E-state index contributed by atoms with van der Waals surface area (Å²) < 4.78 is 0. The average Bonchev–Trinajstić information content (AvgIpc) is 3.67. The Labute approximate surface area is 250 Å². The summed E-state index contributed by atoms with van der Waals surface area (Å²) in [4.78, 5) is 75.7. The molecule has 17 heteroatoms. The van der Waals surface area contributed by atoms with E-state index in [1.807, 2.05) is 12.2 Å². The summed E-state index contributed by atoms with van der Waals surface area (Å²) in [6.07, 6.45) is 6.73. The van der Waals surface area contributed by atoms with Gasteiger partial charge in [0.25, 0.3) is 11.8 Å². The Hall–Kier alpha value is -4.22. The van der Waals surface area contributed by atoms with E-state index in [0.29, 0.717) is 23.4 Å². The van der Waals surface area contributed by atoms with Gasteiger partial charge in [0.1, 0.15) is 28.9 Å². The van der Waals surface area contributed by atoms with Crippen molar-refractivity contribution in [3.63, 3.8) is 0 Å². The summed E-state index contributed by atoms with van der Waals surface area (Å²) in [7, 11) is 0. The molecule has 0 aromatic carbocycles. The van der Waals surface area contributed by atoms with Gasteiger partial charge in [-0.05, 0) is 36.6 Å². The van der Waals surface area contributed by atoms with Crippen LogP contribution in [0, 0.1) is 0 Å². The van der Waals surface area contributed by atoms with Crippen molar-refractivity contribution < 1.29 is 39.0 Å². The molecule has 2 aromatic heterocycles. The quantitative estimate of drug-likeness (QED) is 0.0663. The van der Waals surface area contributed by atoms with Crippen molar-refractivity contribution in [1.82, 2.24) is 20.2 Å². The topological polar surface area (TPSA) is 200 Å². The number of carbonyl (C=O) groups excluding carboxylic acids is 3. The number of fused-ring (bicyclic) bond motifs is 1. The number of aromatic nitrogens is 2. The zero-order valence-electron chi connectivity index (χ0n) is 21.5. The lowest BCUT2D eigenvalue weighted by atomic mass is 10.0. The minimum absolute atomic E-state index is 0.0522. The number of carboxylic acids is 2. The van der Waals surface area contributed by atoms with Crippen LogP contribution in [-0.4, -0.2) is 90.0 Å². The molecule has 4 heterocycles. The van der Waals surface area contributed by atoms with Gasteiger partial charge < -0.3 is 25.7 Å². The van der Waals surface area contributed by atoms with Crippen LogP contribution in [0.2, 0.25) is 0 Å². The Morgan fingerprint density at radius 3 is 2.83 bits per heavy atom. The summed E-state index contributed by atoms with van der Waals surface area (Å²) in [6, 6.07) is 1.72. The molecule has 3 aliphatic rings. The van der Waals surface area contributed by atoms with Crippen LogP contribution < -0.4 is 10.6 Å². The number of pyridine rings is 1. The van der Waals surface area contributed by atoms with Gasteiger partial charge in [0.2, 0.25) is 6.41 Å². The van der Waals surface area contributed by atoms with Crippen molar-refractivity contribution in [2.45, 2.75) is 35.4 Å². The lowest BCUT2D eigenvalue weighted by Gasteiger charge is -2.49. The summed E-state index contributed by atoms with van der Waals surface area (Å²) in [5, 5.41) is 29.7. The van der Waals surface area contributed by atoms with Crippen molar-refractivity contribution >= 4 is 75.9 Å². The number of aliphatic carboxylic acids is 1. The molecule has 2 aromatic rings. The largest absolute Gasteiger partial charge is 0.478 e. The SMILES string of the molecule is O=CNc1nc(C(=NOC2C=CCC2)C(=O)NC2C(=O)N3C(C(=O)O)=C(CSc4cc(C(=O)O)ccn4)CS[C@@H]23)cs1. The van der Waals surface area contributed by atoms with Crippen molar-refractivity contribution in [1.29, 1.82) is 0 Å². The van der Waals surface area contributed by atoms with Crippen molar-refractivity contribution in [3.05, 3.63) is 58.4 Å². The summed E-state index contributed by atoms with van der Waals surface area (Å²) >= 11 is 3.52. The van der Waals surface area contributed by atoms with Crippen LogP contribution in [0.3, 0.4) is 0 Å². The zero-order valence-corrected chi connectivity index (χ0v) is 23.9. The van der Waals surface area contributed by atoms with Gasteiger partial charge in [-0.3, -0.25) is 19.3 Å². The predicted octanol–water partition coefficient (Wildman–Crippen LogP) is 1.77. The molecule has 1 aliphatic carbocycles. The fraction of sp³-hybridized carbons (Fsp3) is 0.280. The molecule has 218 valence electrons. The van der Waals surface area contributed by atoms with E-state index in [2.05, 4.69) is 25.8 Å². The number of nitrogens with one attached hydrogen (secondary N) is 2. The van der Waals surface area contributed by atoms with Gasteiger partial charge >= 0.3 is 11.9 Å². The molecule has 0 radical (unpaired) electrons. The second kappa shape index (κ2) is 12.7. The molecule has 4 N–H and O–H groups in total. The number of aromatic carboxylic acids is 1. The number of carboxylic acid groups (broad SMARTS) is 2. The molecule has 3 atom stereocenters. The number of amides is 3. The van der Waals surface area contributed by atoms with Gasteiger partial charge in [-0.1, -0.05) is 11.2 Å². The number of anilines is 1. The number of hydrogen-bond acceptors (Lipinski definition) is 12. The molecule has 1 saturated heterocycles. The fourth-order valence-electron chi connectivity index (χ4n) is 4.30. The smallest absolute Gasteiger partial charge is 0.352 e. The first-order valence-electron chi connectivity index (χ1n) is 12.4. The van der Waals surface area contributed by atoms with Crippen molar-refractivity contribution in [3.8, 4) is 0 Å². The molecule has 2 aliphatic heterocycles. The third-order valence-electron chi connectivity index (χ3n) is 6.30. The van der Waals surface area contributed by atoms with Gasteiger partial charge in [0, 0.05) is 23.1 Å². The number of β-lactam (4-membered cyclic amide) rings is 1. The Morgan fingerprint density at radius 2 is 2.12 bits per heavy atom. The van der Waals surface area contributed by atoms with Gasteiger partial charge in [0.05, 0.1) is 10.6 Å². The van der Waals surface area contributed by atoms with Crippen LogP contribution >= 0.6 is 34.9 Å². The summed E-state index contributed by atoms with van der Waals surface area (Å²) in [5.74, 6) is -3.32. The van der Waals surface area contributed by atoms with E-state index in [-0.39, 0.29) is 45.4 Å². The van der Waals surface area contributed by atoms with Crippen molar-refractivity contribution in [2.24, 2.45) is 5.16 Å². The van der Waals surface area contributed by atoms with E-state index < -0.39 is 35.2 Å². The monoisotopic (exact) mass is 630 g/mol. The van der Waals surface area contributed by atoms with Gasteiger partial charge in [-0.25, -0.2) is 19.6 Å². The average molecular weight is 631 g/mol. The van der Waals surface area contributed by atoms with Crippen LogP contribution in [0.15, 0.2) is 57.3 Å². The van der Waals surface area contributed by atoms with Crippen LogP contribution in [0.25, 0.3) is 0 Å². The molecule has 5 rings (SSSR count). The highest BCUT2D eigenvalue weighted by atomic mass is 32.2. The highest BCUT2D eigenvalue weighted by Crippen LogP contribution is 2.41. The highest BCUT2D eigenvalue weighted by molar-refractivity contribution is 8.01. The Kier molecular flexibility index (Phi) is 8.89. The number of allylic oxidation sites excluding steroid dienone is 1. The summed E-state index contributed by atoms with van der Waals surface area (Å²) in [5.41, 5.74) is 0.281. The van der Waals surface area contributed by atoms with Crippen molar-refractivity contribution in [2.75, 3.05) is 16.8 Å². The maximum Gasteiger partial charge on any atom is 0.352 e. The second-order valence-electron chi connectivity index (χ2n) is 8.98. The van der Waals surface area contributed by atoms with E-state index in [1.165, 1.54) is 35.5 Å². The Balaban J connectivity index is 1.31. The third kappa shape index (κ3) is 6.17. The predicted molar refractivity (Wildman–Crippen MR) is 153 cm³/mol. The Morgan fingerprint density at radius 1 is 1.29 bits per heavy atom. The maximum atomic E-state index is 13.3. The van der Waals surface area contributed by atoms with Gasteiger partial charge in [-0.15, -0.1) is 34.9 Å². The number of hydrogen-bond donors (Lipinski definition) is 4. The molecule has 0 bridgehead atoms. The van der Waals surface area contributed by atoms with Gasteiger partial charge in [0.15, 0.2) is 10.8 Å². The van der Waals surface area contributed by atoms with E-state index in [4.69, 9.17) is 4.84 Å². The molecular formula is C25H22N6O8S3. The molecule has 14 nitrogen and oxygen atoms in total. The number of nitrogens with zero attached hydrogens (tertiary/aromatic N) is 4. The molecule has 1 fully saturated rings. The number of oxime groups is 1. The number of rotatable bonds is 12. The first-order chi connectivity index (χ1) is 20.3. The lowest BCUT2D eigenvalue weighted by molar-refractivity contribution is -0.150. The molecule has 3 amide bonds. The van der Waals surface area contributed by atoms with E-state index in [1.54, 1.807) is 0 Å². The number of thiazole rings is 1. The molecule has 0 saturated carbocycles. The molecule has 42 heavy (non-hydrogen) atoms. The lowest BCUT2D eigenvalue weighted by Crippen LogP contribution is -2.71. The minimum atomic E-state index is -1.29. The second-order valence-corrected chi connectivity index (χ2v) is 11.9. The molecule has 2 unspecified atom stereocenters. The van der Waals surface area contributed by atoms with Crippen LogP contribution in [-0.2, 0) is 24.0 Å². The first-order valence-corrected chi connectivity index (χ1v) is 15.3. The van der Waals surface area contributed by atoms with E-state index in [9.17, 15) is 34.2 Å². The fourth-order valence-corrected chi connectivity index (χ4v) is 7.34. The minimum Gasteiger partial charge on any atom is -0.478 e. The van der Waals surface area contributed by atoms with E-state index in [0.717, 1.165) is 34.4 Å². The zero-order chi connectivity index (χ0) is 29.8. The maximum absolute atomic E-state index is 13.3. The highest BCUT2D eigenvalue weighted by Gasteiger charge is 2.54. The van der Waals surface area contributed by atoms with E-state index >= 15 is 0 Å². The van der Waals surface area contributed by atoms with Crippen LogP contribution in [0.5, 0.6) is 0 Å². The first kappa shape index (κ1) is 29.3. The Bertz CT molecular complexity index is 1540. The van der Waals surface area contributed by atoms with Gasteiger partial charge in [-0.2, -0.15) is 0 Å².